The molecular formula is C13H15FN4O3. The smallest absolute Gasteiger partial charge is 0.334 e. The average molecular weight is 294 g/mol. The van der Waals surface area contributed by atoms with Crippen LogP contribution in [0.2, 0.25) is 0 Å². The summed E-state index contributed by atoms with van der Waals surface area (Å²) < 4.78 is 19.3. The fourth-order valence-electron chi connectivity index (χ4n) is 1.77. The number of methoxy groups -OCH3 is 1. The number of hydrogen-bond donors (Lipinski definition) is 2. The maximum absolute atomic E-state index is 13.2. The number of hydrogen-bond acceptors (Lipinski definition) is 6. The van der Waals surface area contributed by atoms with E-state index in [1.54, 1.807) is 6.07 Å². The molecule has 0 saturated carbocycles. The van der Waals surface area contributed by atoms with E-state index in [0.29, 0.717) is 11.4 Å². The molecule has 0 radical (unpaired) electrons. The summed E-state index contributed by atoms with van der Waals surface area (Å²) in [5.41, 5.74) is 0.738. The first-order chi connectivity index (χ1) is 10.1. The van der Waals surface area contributed by atoms with Gasteiger partial charge in [0.05, 0.1) is 26.5 Å². The minimum atomic E-state index is -0.913. The van der Waals surface area contributed by atoms with Gasteiger partial charge in [-0.15, -0.1) is 5.10 Å². The lowest BCUT2D eigenvalue weighted by Crippen LogP contribution is -2.22. The van der Waals surface area contributed by atoms with Crippen LogP contribution in [-0.2, 0) is 16.1 Å². The summed E-state index contributed by atoms with van der Waals surface area (Å²) >= 11 is 0. The molecule has 112 valence electrons. The van der Waals surface area contributed by atoms with Crippen LogP contribution in [0, 0.1) is 5.82 Å². The lowest BCUT2D eigenvalue weighted by molar-refractivity contribution is -0.141. The van der Waals surface area contributed by atoms with Gasteiger partial charge in [-0.3, -0.25) is 0 Å². The Hall–Kier alpha value is -2.48. The summed E-state index contributed by atoms with van der Waals surface area (Å²) in [6.45, 7) is 0.171. The largest absolute Gasteiger partial charge is 0.467 e. The SMILES string of the molecule is COC(=O)C(Nc1cccc(F)c1)c1cn(CCO)nn1. The lowest BCUT2D eigenvalue weighted by atomic mass is 10.2. The van der Waals surface area contributed by atoms with Gasteiger partial charge < -0.3 is 15.2 Å². The van der Waals surface area contributed by atoms with Gasteiger partial charge in [0.1, 0.15) is 11.5 Å². The number of esters is 1. The molecule has 21 heavy (non-hydrogen) atoms. The highest BCUT2D eigenvalue weighted by atomic mass is 19.1. The van der Waals surface area contributed by atoms with Crippen LogP contribution in [0.1, 0.15) is 11.7 Å². The standard InChI is InChI=1S/C13H15FN4O3/c1-21-13(20)12(11-8-18(5-6-19)17-16-11)15-10-4-2-3-9(14)7-10/h2-4,7-8,12,15,19H,5-6H2,1H3. The average Bonchev–Trinajstić information content (AvgIpc) is 2.93. The maximum Gasteiger partial charge on any atom is 0.334 e. The van der Waals surface area contributed by atoms with Crippen LogP contribution < -0.4 is 5.32 Å². The van der Waals surface area contributed by atoms with E-state index in [2.05, 4.69) is 15.6 Å². The van der Waals surface area contributed by atoms with Gasteiger partial charge in [-0.05, 0) is 18.2 Å². The van der Waals surface area contributed by atoms with Crippen molar-refractivity contribution in [3.63, 3.8) is 0 Å². The Morgan fingerprint density at radius 2 is 2.38 bits per heavy atom. The van der Waals surface area contributed by atoms with Gasteiger partial charge in [0.25, 0.3) is 0 Å². The second-order valence-electron chi connectivity index (χ2n) is 4.24. The van der Waals surface area contributed by atoms with Crippen LogP contribution in [-0.4, -0.2) is 39.8 Å². The minimum Gasteiger partial charge on any atom is -0.467 e. The topological polar surface area (TPSA) is 89.3 Å². The van der Waals surface area contributed by atoms with Crippen molar-refractivity contribution in [2.75, 3.05) is 19.0 Å². The first kappa shape index (κ1) is 14.9. The number of benzene rings is 1. The predicted octanol–water partition coefficient (Wildman–Crippen LogP) is 0.736. The fourth-order valence-corrected chi connectivity index (χ4v) is 1.77. The molecule has 1 atom stereocenters. The normalized spacial score (nSPS) is 12.0. The zero-order valence-electron chi connectivity index (χ0n) is 11.4. The van der Waals surface area contributed by atoms with E-state index in [-0.39, 0.29) is 13.2 Å². The van der Waals surface area contributed by atoms with Crippen LogP contribution >= 0.6 is 0 Å². The Labute approximate surface area is 120 Å². The molecule has 2 N–H and O–H groups in total. The molecule has 1 aromatic heterocycles. The molecule has 0 spiro atoms. The van der Waals surface area contributed by atoms with Gasteiger partial charge in [-0.2, -0.15) is 0 Å². The molecule has 0 amide bonds. The Kier molecular flexibility index (Phi) is 4.83. The van der Waals surface area contributed by atoms with Gasteiger partial charge >= 0.3 is 5.97 Å². The lowest BCUT2D eigenvalue weighted by Gasteiger charge is -2.15. The molecule has 1 heterocycles. The highest BCUT2D eigenvalue weighted by Gasteiger charge is 2.24. The number of nitrogens with zero attached hydrogens (tertiary/aromatic N) is 3. The first-order valence-electron chi connectivity index (χ1n) is 6.25. The number of carbonyl (C=O) groups excluding carboxylic acids is 1. The summed E-state index contributed by atoms with van der Waals surface area (Å²) in [4.78, 5) is 11.9. The second kappa shape index (κ2) is 6.80. The van der Waals surface area contributed by atoms with E-state index in [1.807, 2.05) is 0 Å². The number of aromatic nitrogens is 3. The van der Waals surface area contributed by atoms with Crippen LogP contribution in [0.25, 0.3) is 0 Å². The van der Waals surface area contributed by atoms with Crippen molar-refractivity contribution < 1.29 is 19.0 Å². The summed E-state index contributed by atoms with van der Waals surface area (Å²) in [6.07, 6.45) is 1.52. The molecule has 1 aromatic carbocycles. The molecule has 0 bridgehead atoms. The van der Waals surface area contributed by atoms with E-state index in [9.17, 15) is 9.18 Å². The van der Waals surface area contributed by atoms with Gasteiger partial charge in [0.15, 0.2) is 6.04 Å². The van der Waals surface area contributed by atoms with E-state index in [4.69, 9.17) is 9.84 Å². The van der Waals surface area contributed by atoms with Gasteiger partial charge in [0.2, 0.25) is 0 Å². The first-order valence-corrected chi connectivity index (χ1v) is 6.25. The van der Waals surface area contributed by atoms with Crippen molar-refractivity contribution >= 4 is 11.7 Å². The Balaban J connectivity index is 2.23. The predicted molar refractivity (Wildman–Crippen MR) is 71.9 cm³/mol. The molecule has 0 aliphatic heterocycles. The maximum atomic E-state index is 13.2. The minimum absolute atomic E-state index is 0.0942. The Morgan fingerprint density at radius 3 is 3.05 bits per heavy atom. The Bertz CT molecular complexity index is 617. The molecule has 7 nitrogen and oxygen atoms in total. The molecule has 1 unspecified atom stereocenters. The molecular weight excluding hydrogens is 279 g/mol. The number of aliphatic hydroxyl groups is 1. The highest BCUT2D eigenvalue weighted by molar-refractivity contribution is 5.80. The summed E-state index contributed by atoms with van der Waals surface area (Å²) in [5, 5.41) is 19.4. The summed E-state index contributed by atoms with van der Waals surface area (Å²) in [5.74, 6) is -0.997. The zero-order chi connectivity index (χ0) is 15.2. The van der Waals surface area contributed by atoms with Crippen LogP contribution in [0.15, 0.2) is 30.5 Å². The van der Waals surface area contributed by atoms with Crippen molar-refractivity contribution in [2.45, 2.75) is 12.6 Å². The summed E-state index contributed by atoms with van der Waals surface area (Å²) in [7, 11) is 1.25. The monoisotopic (exact) mass is 294 g/mol. The number of carbonyl (C=O) groups is 1. The van der Waals surface area contributed by atoms with Crippen molar-refractivity contribution in [3.05, 3.63) is 42.0 Å². The molecule has 2 rings (SSSR count). The summed E-state index contributed by atoms with van der Waals surface area (Å²) in [6, 6.07) is 4.79. The third-order valence-corrected chi connectivity index (χ3v) is 2.75. The van der Waals surface area contributed by atoms with Crippen LogP contribution in [0.5, 0.6) is 0 Å². The van der Waals surface area contributed by atoms with Gasteiger partial charge in [-0.1, -0.05) is 11.3 Å². The van der Waals surface area contributed by atoms with E-state index < -0.39 is 17.8 Å². The van der Waals surface area contributed by atoms with Crippen molar-refractivity contribution in [3.8, 4) is 0 Å². The van der Waals surface area contributed by atoms with Crippen LogP contribution in [0.3, 0.4) is 0 Å². The third kappa shape index (κ3) is 3.76. The molecule has 8 heteroatoms. The Morgan fingerprint density at radius 1 is 1.57 bits per heavy atom. The van der Waals surface area contributed by atoms with Crippen LogP contribution in [0.4, 0.5) is 10.1 Å². The quantitative estimate of drug-likeness (QED) is 0.764. The van der Waals surface area contributed by atoms with Gasteiger partial charge in [-0.25, -0.2) is 13.9 Å². The number of halogens is 1. The van der Waals surface area contributed by atoms with E-state index in [1.165, 1.54) is 36.2 Å². The van der Waals surface area contributed by atoms with Crippen molar-refractivity contribution in [1.82, 2.24) is 15.0 Å². The molecule has 0 saturated heterocycles. The fraction of sp³-hybridized carbons (Fsp3) is 0.308. The molecule has 0 aliphatic carbocycles. The number of aliphatic hydroxyl groups excluding tert-OH is 1. The molecule has 2 aromatic rings. The van der Waals surface area contributed by atoms with Crippen molar-refractivity contribution in [2.24, 2.45) is 0 Å². The number of rotatable bonds is 6. The molecule has 0 fully saturated rings. The number of nitrogens with one attached hydrogen (secondary N) is 1. The number of ether oxygens (including phenoxy) is 1. The zero-order valence-corrected chi connectivity index (χ0v) is 11.4. The van der Waals surface area contributed by atoms with Gasteiger partial charge in [0, 0.05) is 5.69 Å². The van der Waals surface area contributed by atoms with E-state index in [0.717, 1.165) is 0 Å². The molecule has 0 aliphatic rings. The van der Waals surface area contributed by atoms with Crippen molar-refractivity contribution in [1.29, 1.82) is 0 Å². The number of anilines is 1. The van der Waals surface area contributed by atoms with E-state index >= 15 is 0 Å². The highest BCUT2D eigenvalue weighted by Crippen LogP contribution is 2.19. The second-order valence-corrected chi connectivity index (χ2v) is 4.24. The third-order valence-electron chi connectivity index (χ3n) is 2.75.